The first-order valence-electron chi connectivity index (χ1n) is 4.93. The lowest BCUT2D eigenvalue weighted by molar-refractivity contribution is -0.137. The van der Waals surface area contributed by atoms with Crippen LogP contribution in [0, 0.1) is 0 Å². The van der Waals surface area contributed by atoms with Gasteiger partial charge in [0.25, 0.3) is 0 Å². The predicted octanol–water partition coefficient (Wildman–Crippen LogP) is 1.42. The second kappa shape index (κ2) is 4.57. The molecule has 1 aromatic carbocycles. The van der Waals surface area contributed by atoms with E-state index in [1.807, 2.05) is 30.3 Å². The number of aromatic nitrogens is 3. The Balaban J connectivity index is 2.11. The standard InChI is InChI=1S/C11H11N3O2/c15-11(16)6-7-14-8-10(12-13-14)9-4-2-1-3-5-9/h1-5,8H,6-7H2,(H,15,16). The van der Waals surface area contributed by atoms with Crippen LogP contribution in [-0.4, -0.2) is 26.1 Å². The molecule has 1 aromatic heterocycles. The Bertz CT molecular complexity index is 479. The Kier molecular flexibility index (Phi) is 2.95. The van der Waals surface area contributed by atoms with Crippen LogP contribution in [0.15, 0.2) is 36.5 Å². The minimum absolute atomic E-state index is 0.0532. The smallest absolute Gasteiger partial charge is 0.305 e. The molecule has 2 rings (SSSR count). The summed E-state index contributed by atoms with van der Waals surface area (Å²) in [5.41, 5.74) is 1.73. The molecule has 0 spiro atoms. The van der Waals surface area contributed by atoms with E-state index in [1.165, 1.54) is 4.68 Å². The van der Waals surface area contributed by atoms with Gasteiger partial charge in [0.1, 0.15) is 5.69 Å². The van der Waals surface area contributed by atoms with Crippen molar-refractivity contribution in [2.24, 2.45) is 0 Å². The van der Waals surface area contributed by atoms with Gasteiger partial charge in [-0.1, -0.05) is 35.5 Å². The van der Waals surface area contributed by atoms with Crippen molar-refractivity contribution in [3.05, 3.63) is 36.5 Å². The molecule has 0 radical (unpaired) electrons. The zero-order chi connectivity index (χ0) is 11.4. The van der Waals surface area contributed by atoms with Gasteiger partial charge < -0.3 is 5.11 Å². The minimum atomic E-state index is -0.836. The molecule has 0 unspecified atom stereocenters. The molecule has 5 nitrogen and oxygen atoms in total. The summed E-state index contributed by atoms with van der Waals surface area (Å²) in [6.45, 7) is 0.342. The van der Waals surface area contributed by atoms with Crippen molar-refractivity contribution in [3.8, 4) is 11.3 Å². The van der Waals surface area contributed by atoms with Gasteiger partial charge in [0.2, 0.25) is 0 Å². The summed E-state index contributed by atoms with van der Waals surface area (Å²) in [4.78, 5) is 10.4. The Morgan fingerprint density at radius 2 is 2.06 bits per heavy atom. The highest BCUT2D eigenvalue weighted by molar-refractivity contribution is 5.66. The van der Waals surface area contributed by atoms with Gasteiger partial charge in [-0.25, -0.2) is 0 Å². The number of rotatable bonds is 4. The van der Waals surface area contributed by atoms with Gasteiger partial charge in [-0.2, -0.15) is 0 Å². The van der Waals surface area contributed by atoms with Gasteiger partial charge >= 0.3 is 5.97 Å². The zero-order valence-electron chi connectivity index (χ0n) is 8.58. The quantitative estimate of drug-likeness (QED) is 0.840. The monoisotopic (exact) mass is 217 g/mol. The number of carboxylic acids is 1. The maximum Gasteiger partial charge on any atom is 0.305 e. The van der Waals surface area contributed by atoms with E-state index in [2.05, 4.69) is 10.3 Å². The third-order valence-corrected chi connectivity index (χ3v) is 2.16. The first-order valence-corrected chi connectivity index (χ1v) is 4.93. The van der Waals surface area contributed by atoms with Crippen molar-refractivity contribution in [1.82, 2.24) is 15.0 Å². The predicted molar refractivity (Wildman–Crippen MR) is 57.7 cm³/mol. The lowest BCUT2D eigenvalue weighted by Crippen LogP contribution is -2.04. The van der Waals surface area contributed by atoms with Crippen molar-refractivity contribution in [1.29, 1.82) is 0 Å². The van der Waals surface area contributed by atoms with Crippen LogP contribution >= 0.6 is 0 Å². The molecule has 0 saturated carbocycles. The summed E-state index contributed by atoms with van der Waals surface area (Å²) in [5, 5.41) is 16.4. The van der Waals surface area contributed by atoms with E-state index in [9.17, 15) is 4.79 Å². The van der Waals surface area contributed by atoms with Gasteiger partial charge in [-0.05, 0) is 0 Å². The summed E-state index contributed by atoms with van der Waals surface area (Å²) >= 11 is 0. The molecular weight excluding hydrogens is 206 g/mol. The highest BCUT2D eigenvalue weighted by Crippen LogP contribution is 2.14. The van der Waals surface area contributed by atoms with Gasteiger partial charge in [0, 0.05) is 5.56 Å². The van der Waals surface area contributed by atoms with E-state index in [-0.39, 0.29) is 6.42 Å². The molecule has 0 aliphatic heterocycles. The molecule has 82 valence electrons. The van der Waals surface area contributed by atoms with Crippen LogP contribution in [-0.2, 0) is 11.3 Å². The Labute approximate surface area is 92.3 Å². The average molecular weight is 217 g/mol. The molecule has 0 bridgehead atoms. The molecule has 0 atom stereocenters. The van der Waals surface area contributed by atoms with Gasteiger partial charge in [-0.3, -0.25) is 9.48 Å². The largest absolute Gasteiger partial charge is 0.481 e. The highest BCUT2D eigenvalue weighted by Gasteiger charge is 2.04. The summed E-state index contributed by atoms with van der Waals surface area (Å²) < 4.78 is 1.54. The van der Waals surface area contributed by atoms with Crippen molar-refractivity contribution >= 4 is 5.97 Å². The normalized spacial score (nSPS) is 10.2. The van der Waals surface area contributed by atoms with Gasteiger partial charge in [-0.15, -0.1) is 5.10 Å². The Morgan fingerprint density at radius 1 is 1.31 bits per heavy atom. The molecule has 2 aromatic rings. The molecule has 5 heteroatoms. The van der Waals surface area contributed by atoms with Gasteiger partial charge in [0.15, 0.2) is 0 Å². The molecule has 0 aliphatic rings. The number of hydrogen-bond acceptors (Lipinski definition) is 3. The molecule has 0 fully saturated rings. The Hall–Kier alpha value is -2.17. The van der Waals surface area contributed by atoms with Crippen molar-refractivity contribution in [2.45, 2.75) is 13.0 Å². The van der Waals surface area contributed by atoms with E-state index in [4.69, 9.17) is 5.11 Å². The summed E-state index contributed by atoms with van der Waals surface area (Å²) in [7, 11) is 0. The van der Waals surface area contributed by atoms with E-state index in [0.29, 0.717) is 6.54 Å². The minimum Gasteiger partial charge on any atom is -0.481 e. The topological polar surface area (TPSA) is 68.0 Å². The lowest BCUT2D eigenvalue weighted by atomic mass is 10.2. The number of benzene rings is 1. The summed E-state index contributed by atoms with van der Waals surface area (Å²) in [5.74, 6) is -0.836. The third-order valence-electron chi connectivity index (χ3n) is 2.16. The van der Waals surface area contributed by atoms with Crippen LogP contribution in [0.25, 0.3) is 11.3 Å². The molecule has 1 heterocycles. The van der Waals surface area contributed by atoms with Crippen LogP contribution < -0.4 is 0 Å². The van der Waals surface area contributed by atoms with E-state index in [1.54, 1.807) is 6.20 Å². The fourth-order valence-corrected chi connectivity index (χ4v) is 1.36. The molecule has 0 amide bonds. The van der Waals surface area contributed by atoms with E-state index in [0.717, 1.165) is 11.3 Å². The summed E-state index contributed by atoms with van der Waals surface area (Å²) in [6, 6.07) is 9.65. The first kappa shape index (κ1) is 10.4. The summed E-state index contributed by atoms with van der Waals surface area (Å²) in [6.07, 6.45) is 1.80. The molecular formula is C11H11N3O2. The Morgan fingerprint density at radius 3 is 2.75 bits per heavy atom. The van der Waals surface area contributed by atoms with Crippen LogP contribution in [0.1, 0.15) is 6.42 Å². The van der Waals surface area contributed by atoms with Crippen LogP contribution in [0.2, 0.25) is 0 Å². The van der Waals surface area contributed by atoms with Crippen LogP contribution in [0.3, 0.4) is 0 Å². The van der Waals surface area contributed by atoms with E-state index >= 15 is 0 Å². The molecule has 0 saturated heterocycles. The number of hydrogen-bond donors (Lipinski definition) is 1. The zero-order valence-corrected chi connectivity index (χ0v) is 8.58. The second-order valence-electron chi connectivity index (χ2n) is 3.38. The number of carbonyl (C=O) groups is 1. The molecule has 0 aliphatic carbocycles. The molecule has 1 N–H and O–H groups in total. The first-order chi connectivity index (χ1) is 7.75. The fourth-order valence-electron chi connectivity index (χ4n) is 1.36. The van der Waals surface area contributed by atoms with Crippen molar-refractivity contribution < 1.29 is 9.90 Å². The van der Waals surface area contributed by atoms with Crippen LogP contribution in [0.5, 0.6) is 0 Å². The lowest BCUT2D eigenvalue weighted by Gasteiger charge is -1.95. The number of aryl methyl sites for hydroxylation is 1. The van der Waals surface area contributed by atoms with E-state index < -0.39 is 5.97 Å². The second-order valence-corrected chi connectivity index (χ2v) is 3.38. The fraction of sp³-hybridized carbons (Fsp3) is 0.182. The number of nitrogens with zero attached hydrogens (tertiary/aromatic N) is 3. The maximum atomic E-state index is 10.4. The van der Waals surface area contributed by atoms with Crippen molar-refractivity contribution in [3.63, 3.8) is 0 Å². The highest BCUT2D eigenvalue weighted by atomic mass is 16.4. The number of aliphatic carboxylic acids is 1. The SMILES string of the molecule is O=C(O)CCn1cc(-c2ccccc2)nn1. The van der Waals surface area contributed by atoms with Gasteiger partial charge in [0.05, 0.1) is 19.2 Å². The third kappa shape index (κ3) is 2.44. The van der Waals surface area contributed by atoms with Crippen molar-refractivity contribution in [2.75, 3.05) is 0 Å². The average Bonchev–Trinajstić information content (AvgIpc) is 2.76. The number of carboxylic acid groups (broad SMARTS) is 1. The van der Waals surface area contributed by atoms with Crippen LogP contribution in [0.4, 0.5) is 0 Å². The molecule has 16 heavy (non-hydrogen) atoms. The maximum absolute atomic E-state index is 10.4.